The van der Waals surface area contributed by atoms with Gasteiger partial charge in [0, 0.05) is 19.2 Å². The highest BCUT2D eigenvalue weighted by atomic mass is 16.6. The lowest BCUT2D eigenvalue weighted by Crippen LogP contribution is -2.41. The summed E-state index contributed by atoms with van der Waals surface area (Å²) in [6.07, 6.45) is 2.82. The van der Waals surface area contributed by atoms with Gasteiger partial charge in [-0.3, -0.25) is 0 Å². The summed E-state index contributed by atoms with van der Waals surface area (Å²) in [5.74, 6) is 0.540. The molecule has 0 aliphatic carbocycles. The van der Waals surface area contributed by atoms with E-state index in [2.05, 4.69) is 19.1 Å². The highest BCUT2D eigenvalue weighted by molar-refractivity contribution is 5.69. The summed E-state index contributed by atoms with van der Waals surface area (Å²) in [6.45, 7) is 10.0. The van der Waals surface area contributed by atoms with Gasteiger partial charge in [0.25, 0.3) is 0 Å². The number of likely N-dealkylation sites (tertiary alicyclic amines) is 1. The van der Waals surface area contributed by atoms with Crippen molar-refractivity contribution >= 4 is 6.09 Å². The van der Waals surface area contributed by atoms with Crippen molar-refractivity contribution < 1.29 is 14.3 Å². The minimum atomic E-state index is -0.449. The van der Waals surface area contributed by atoms with Gasteiger partial charge in [-0.2, -0.15) is 0 Å². The molecule has 0 unspecified atom stereocenters. The van der Waals surface area contributed by atoms with Gasteiger partial charge in [-0.1, -0.05) is 43.7 Å². The highest BCUT2D eigenvalue weighted by Gasteiger charge is 2.37. The van der Waals surface area contributed by atoms with Crippen molar-refractivity contribution in [3.8, 4) is 0 Å². The Bertz CT molecular complexity index is 509. The molecule has 1 fully saturated rings. The molecule has 134 valence electrons. The van der Waals surface area contributed by atoms with E-state index in [-0.39, 0.29) is 12.1 Å². The predicted octanol–water partition coefficient (Wildman–Crippen LogP) is 4.63. The molecule has 0 saturated carbocycles. The largest absolute Gasteiger partial charge is 0.444 e. The molecule has 1 aromatic rings. The summed E-state index contributed by atoms with van der Waals surface area (Å²) in [7, 11) is 0. The second-order valence-corrected chi connectivity index (χ2v) is 7.52. The minimum Gasteiger partial charge on any atom is -0.444 e. The minimum absolute atomic E-state index is 0.188. The fourth-order valence-electron chi connectivity index (χ4n) is 3.30. The van der Waals surface area contributed by atoms with E-state index in [1.165, 1.54) is 5.56 Å². The maximum absolute atomic E-state index is 12.4. The number of rotatable bonds is 6. The quantitative estimate of drug-likeness (QED) is 0.713. The molecule has 1 aliphatic heterocycles. The zero-order valence-electron chi connectivity index (χ0n) is 15.5. The Kier molecular flexibility index (Phi) is 6.67. The second kappa shape index (κ2) is 8.52. The zero-order valence-corrected chi connectivity index (χ0v) is 15.5. The Balaban J connectivity index is 1.85. The Morgan fingerprint density at radius 1 is 1.25 bits per heavy atom. The van der Waals surface area contributed by atoms with Crippen LogP contribution in [-0.4, -0.2) is 35.8 Å². The maximum Gasteiger partial charge on any atom is 0.410 e. The molecule has 0 aromatic heterocycles. The van der Waals surface area contributed by atoms with Crippen LogP contribution in [0.5, 0.6) is 0 Å². The fraction of sp³-hybridized carbons (Fsp3) is 0.650. The Hall–Kier alpha value is -1.55. The first-order chi connectivity index (χ1) is 11.4. The lowest BCUT2D eigenvalue weighted by atomic mass is 9.95. The van der Waals surface area contributed by atoms with Crippen LogP contribution in [0.4, 0.5) is 4.79 Å². The van der Waals surface area contributed by atoms with E-state index in [4.69, 9.17) is 9.47 Å². The van der Waals surface area contributed by atoms with Crippen LogP contribution in [0.25, 0.3) is 0 Å². The van der Waals surface area contributed by atoms with Crippen molar-refractivity contribution in [3.63, 3.8) is 0 Å². The molecule has 1 heterocycles. The molecular weight excluding hydrogens is 302 g/mol. The van der Waals surface area contributed by atoms with Gasteiger partial charge in [0.05, 0.1) is 6.61 Å². The van der Waals surface area contributed by atoms with Gasteiger partial charge in [-0.05, 0) is 45.1 Å². The molecule has 4 heteroatoms. The average Bonchev–Trinajstić information content (AvgIpc) is 2.94. The number of carbonyl (C=O) groups excluding carboxylic acids is 1. The number of ether oxygens (including phenoxy) is 2. The lowest BCUT2D eigenvalue weighted by molar-refractivity contribution is 0.0157. The molecule has 1 aromatic carbocycles. The summed E-state index contributed by atoms with van der Waals surface area (Å²) in [4.78, 5) is 14.4. The summed E-state index contributed by atoms with van der Waals surface area (Å²) in [5.41, 5.74) is 0.732. The maximum atomic E-state index is 12.4. The average molecular weight is 333 g/mol. The molecule has 2 rings (SSSR count). The summed E-state index contributed by atoms with van der Waals surface area (Å²) < 4.78 is 11.4. The van der Waals surface area contributed by atoms with Gasteiger partial charge in [-0.25, -0.2) is 4.79 Å². The number of hydrogen-bond acceptors (Lipinski definition) is 3. The molecule has 0 N–H and O–H groups in total. The van der Waals surface area contributed by atoms with Crippen LogP contribution in [0, 0.1) is 5.92 Å². The van der Waals surface area contributed by atoms with Crippen LogP contribution >= 0.6 is 0 Å². The second-order valence-electron chi connectivity index (χ2n) is 7.52. The van der Waals surface area contributed by atoms with E-state index in [1.807, 2.05) is 43.9 Å². The third-order valence-electron chi connectivity index (χ3n) is 4.51. The number of nitrogens with zero attached hydrogens (tertiary/aromatic N) is 1. The molecule has 0 radical (unpaired) electrons. The van der Waals surface area contributed by atoms with E-state index in [0.29, 0.717) is 19.1 Å². The van der Waals surface area contributed by atoms with Crippen LogP contribution in [0.1, 0.15) is 52.5 Å². The van der Waals surface area contributed by atoms with E-state index >= 15 is 0 Å². The SMILES string of the molecule is CC[C@@H]1CCN(C(=O)OC(C)(C)C)[C@@H]1CCOCc1ccccc1. The van der Waals surface area contributed by atoms with Crippen molar-refractivity contribution in [3.05, 3.63) is 35.9 Å². The van der Waals surface area contributed by atoms with Crippen molar-refractivity contribution in [2.75, 3.05) is 13.2 Å². The van der Waals surface area contributed by atoms with Crippen LogP contribution in [-0.2, 0) is 16.1 Å². The van der Waals surface area contributed by atoms with Gasteiger partial charge in [-0.15, -0.1) is 0 Å². The van der Waals surface area contributed by atoms with Crippen molar-refractivity contribution in [1.82, 2.24) is 4.90 Å². The molecule has 2 atom stereocenters. The van der Waals surface area contributed by atoms with Crippen molar-refractivity contribution in [1.29, 1.82) is 0 Å². The van der Waals surface area contributed by atoms with Gasteiger partial charge in [0.15, 0.2) is 0 Å². The zero-order chi connectivity index (χ0) is 17.6. The van der Waals surface area contributed by atoms with Crippen LogP contribution in [0.2, 0.25) is 0 Å². The van der Waals surface area contributed by atoms with Crippen molar-refractivity contribution in [2.45, 2.75) is 65.2 Å². The lowest BCUT2D eigenvalue weighted by Gasteiger charge is -2.30. The normalized spacial score (nSPS) is 21.1. The summed E-state index contributed by atoms with van der Waals surface area (Å²) >= 11 is 0. The first-order valence-corrected chi connectivity index (χ1v) is 9.02. The van der Waals surface area contributed by atoms with E-state index in [9.17, 15) is 4.79 Å². The smallest absolute Gasteiger partial charge is 0.410 e. The standard InChI is InChI=1S/C20H31NO3/c1-5-17-11-13-21(19(22)24-20(2,3)4)18(17)12-14-23-15-16-9-7-6-8-10-16/h6-10,17-18H,5,11-15H2,1-4H3/t17-,18-/m1/s1. The summed E-state index contributed by atoms with van der Waals surface area (Å²) in [6, 6.07) is 10.4. The van der Waals surface area contributed by atoms with Crippen LogP contribution in [0.3, 0.4) is 0 Å². The number of amides is 1. The number of benzene rings is 1. The van der Waals surface area contributed by atoms with Gasteiger partial charge in [0.1, 0.15) is 5.60 Å². The Labute approximate surface area is 146 Å². The molecular formula is C20H31NO3. The van der Waals surface area contributed by atoms with Crippen LogP contribution in [0.15, 0.2) is 30.3 Å². The summed E-state index contributed by atoms with van der Waals surface area (Å²) in [5, 5.41) is 0. The Morgan fingerprint density at radius 2 is 1.96 bits per heavy atom. The van der Waals surface area contributed by atoms with E-state index < -0.39 is 5.60 Å². The van der Waals surface area contributed by atoms with E-state index in [0.717, 1.165) is 25.8 Å². The molecule has 0 bridgehead atoms. The fourth-order valence-corrected chi connectivity index (χ4v) is 3.30. The van der Waals surface area contributed by atoms with Gasteiger partial charge < -0.3 is 14.4 Å². The van der Waals surface area contributed by atoms with Crippen molar-refractivity contribution in [2.24, 2.45) is 5.92 Å². The third-order valence-corrected chi connectivity index (χ3v) is 4.51. The molecule has 24 heavy (non-hydrogen) atoms. The van der Waals surface area contributed by atoms with Gasteiger partial charge >= 0.3 is 6.09 Å². The third kappa shape index (κ3) is 5.52. The van der Waals surface area contributed by atoms with Crippen LogP contribution < -0.4 is 0 Å². The molecule has 4 nitrogen and oxygen atoms in total. The molecule has 1 saturated heterocycles. The highest BCUT2D eigenvalue weighted by Crippen LogP contribution is 2.30. The first kappa shape index (κ1) is 18.8. The first-order valence-electron chi connectivity index (χ1n) is 9.02. The topological polar surface area (TPSA) is 38.8 Å². The Morgan fingerprint density at radius 3 is 2.58 bits per heavy atom. The number of carbonyl (C=O) groups is 1. The number of hydrogen-bond donors (Lipinski definition) is 0. The molecule has 1 amide bonds. The van der Waals surface area contributed by atoms with E-state index in [1.54, 1.807) is 0 Å². The van der Waals surface area contributed by atoms with Gasteiger partial charge in [0.2, 0.25) is 0 Å². The molecule has 0 spiro atoms. The predicted molar refractivity (Wildman–Crippen MR) is 95.8 cm³/mol. The monoisotopic (exact) mass is 333 g/mol. The molecule has 1 aliphatic rings.